The SMILES string of the molecule is NOCCc1cc2c(c(Cl)c1O)CCC2. The first-order valence-electron chi connectivity index (χ1n) is 5.07. The Hall–Kier alpha value is -0.770. The van der Waals surface area contributed by atoms with Crippen molar-refractivity contribution in [3.8, 4) is 5.75 Å². The number of halogens is 1. The molecule has 4 heteroatoms. The molecule has 1 aromatic carbocycles. The third kappa shape index (κ3) is 1.95. The van der Waals surface area contributed by atoms with Gasteiger partial charge >= 0.3 is 0 Å². The maximum atomic E-state index is 9.86. The molecule has 3 N–H and O–H groups in total. The maximum absolute atomic E-state index is 9.86. The Bertz CT molecular complexity index is 379. The minimum absolute atomic E-state index is 0.189. The van der Waals surface area contributed by atoms with Crippen molar-refractivity contribution in [2.45, 2.75) is 25.7 Å². The number of aryl methyl sites for hydroxylation is 1. The number of nitrogens with two attached hydrogens (primary N) is 1. The Morgan fingerprint density at radius 3 is 3.00 bits per heavy atom. The minimum atomic E-state index is 0.189. The standard InChI is InChI=1S/C11H14ClNO2/c12-10-9-3-1-2-7(9)6-8(11(10)14)4-5-15-13/h6,14H,1-5,13H2. The molecule has 1 aliphatic rings. The Labute approximate surface area is 93.8 Å². The second-order valence-corrected chi connectivity index (χ2v) is 4.19. The highest BCUT2D eigenvalue weighted by atomic mass is 35.5. The lowest BCUT2D eigenvalue weighted by atomic mass is 10.0. The first-order valence-corrected chi connectivity index (χ1v) is 5.45. The number of hydrogen-bond acceptors (Lipinski definition) is 3. The molecule has 1 aromatic rings. The third-order valence-electron chi connectivity index (χ3n) is 2.88. The van der Waals surface area contributed by atoms with Crippen LogP contribution in [0, 0.1) is 0 Å². The summed E-state index contributed by atoms with van der Waals surface area (Å²) in [7, 11) is 0. The topological polar surface area (TPSA) is 55.5 Å². The van der Waals surface area contributed by atoms with Gasteiger partial charge in [0.15, 0.2) is 0 Å². The average molecular weight is 228 g/mol. The monoisotopic (exact) mass is 227 g/mol. The van der Waals surface area contributed by atoms with Gasteiger partial charge in [0.1, 0.15) is 5.75 Å². The fourth-order valence-corrected chi connectivity index (χ4v) is 2.44. The lowest BCUT2D eigenvalue weighted by molar-refractivity contribution is 0.140. The van der Waals surface area contributed by atoms with Gasteiger partial charge in [-0.25, -0.2) is 5.90 Å². The van der Waals surface area contributed by atoms with E-state index in [1.54, 1.807) is 0 Å². The summed E-state index contributed by atoms with van der Waals surface area (Å²) in [5, 5.41) is 10.4. The summed E-state index contributed by atoms with van der Waals surface area (Å²) in [6.45, 7) is 0.392. The molecule has 0 saturated carbocycles. The second-order valence-electron chi connectivity index (χ2n) is 3.81. The summed E-state index contributed by atoms with van der Waals surface area (Å²) in [5.74, 6) is 5.15. The van der Waals surface area contributed by atoms with Crippen molar-refractivity contribution >= 4 is 11.6 Å². The van der Waals surface area contributed by atoms with Crippen LogP contribution in [0.1, 0.15) is 23.1 Å². The first kappa shape index (κ1) is 10.7. The Kier molecular flexibility index (Phi) is 3.14. The number of phenolic OH excluding ortho intramolecular Hbond substituents is 1. The van der Waals surface area contributed by atoms with Crippen LogP contribution in [-0.4, -0.2) is 11.7 Å². The molecule has 3 nitrogen and oxygen atoms in total. The number of rotatable bonds is 3. The van der Waals surface area contributed by atoms with Crippen LogP contribution < -0.4 is 5.90 Å². The first-order chi connectivity index (χ1) is 7.24. The highest BCUT2D eigenvalue weighted by molar-refractivity contribution is 6.33. The van der Waals surface area contributed by atoms with E-state index in [9.17, 15) is 5.11 Å². The summed E-state index contributed by atoms with van der Waals surface area (Å²) < 4.78 is 0. The van der Waals surface area contributed by atoms with Crippen molar-refractivity contribution in [1.82, 2.24) is 0 Å². The van der Waals surface area contributed by atoms with Gasteiger partial charge in [0.25, 0.3) is 0 Å². The number of phenols is 1. The highest BCUT2D eigenvalue weighted by Crippen LogP contribution is 2.38. The van der Waals surface area contributed by atoms with E-state index >= 15 is 0 Å². The fourth-order valence-electron chi connectivity index (χ4n) is 2.10. The summed E-state index contributed by atoms with van der Waals surface area (Å²) in [6.07, 6.45) is 3.72. The van der Waals surface area contributed by atoms with Gasteiger partial charge in [-0.3, -0.25) is 0 Å². The number of benzene rings is 1. The molecule has 0 heterocycles. The normalized spacial score (nSPS) is 14.3. The Morgan fingerprint density at radius 2 is 2.27 bits per heavy atom. The molecule has 0 saturated heterocycles. The van der Waals surface area contributed by atoms with Crippen LogP contribution in [0.3, 0.4) is 0 Å². The number of aromatic hydroxyl groups is 1. The Balaban J connectivity index is 2.36. The lowest BCUT2D eigenvalue weighted by Gasteiger charge is -2.10. The van der Waals surface area contributed by atoms with Gasteiger partial charge in [-0.15, -0.1) is 0 Å². The second kappa shape index (κ2) is 4.39. The molecular formula is C11H14ClNO2. The van der Waals surface area contributed by atoms with E-state index in [0.717, 1.165) is 30.4 Å². The highest BCUT2D eigenvalue weighted by Gasteiger charge is 2.19. The summed E-state index contributed by atoms with van der Waals surface area (Å²) in [5.41, 5.74) is 3.18. The smallest absolute Gasteiger partial charge is 0.137 e. The zero-order chi connectivity index (χ0) is 10.8. The van der Waals surface area contributed by atoms with Crippen LogP contribution in [0.4, 0.5) is 0 Å². The van der Waals surface area contributed by atoms with Crippen molar-refractivity contribution in [3.63, 3.8) is 0 Å². The van der Waals surface area contributed by atoms with Crippen molar-refractivity contribution < 1.29 is 9.94 Å². The maximum Gasteiger partial charge on any atom is 0.137 e. The third-order valence-corrected chi connectivity index (χ3v) is 3.28. The number of fused-ring (bicyclic) bond motifs is 1. The van der Waals surface area contributed by atoms with Gasteiger partial charge < -0.3 is 9.94 Å². The fraction of sp³-hybridized carbons (Fsp3) is 0.455. The lowest BCUT2D eigenvalue weighted by Crippen LogP contribution is -2.04. The van der Waals surface area contributed by atoms with Gasteiger partial charge in [0.2, 0.25) is 0 Å². The molecule has 0 unspecified atom stereocenters. The molecule has 0 spiro atoms. The predicted molar refractivity (Wildman–Crippen MR) is 59.0 cm³/mol. The van der Waals surface area contributed by atoms with Crippen LogP contribution in [-0.2, 0) is 24.1 Å². The molecule has 0 bridgehead atoms. The zero-order valence-electron chi connectivity index (χ0n) is 8.42. The van der Waals surface area contributed by atoms with Gasteiger partial charge in [-0.1, -0.05) is 17.7 Å². The van der Waals surface area contributed by atoms with E-state index in [4.69, 9.17) is 17.5 Å². The Morgan fingerprint density at radius 1 is 1.47 bits per heavy atom. The van der Waals surface area contributed by atoms with E-state index in [-0.39, 0.29) is 5.75 Å². The van der Waals surface area contributed by atoms with Crippen molar-refractivity contribution in [3.05, 3.63) is 27.8 Å². The van der Waals surface area contributed by atoms with E-state index in [2.05, 4.69) is 4.84 Å². The largest absolute Gasteiger partial charge is 0.506 e. The quantitative estimate of drug-likeness (QED) is 0.777. The van der Waals surface area contributed by atoms with Crippen LogP contribution in [0.15, 0.2) is 6.07 Å². The molecular weight excluding hydrogens is 214 g/mol. The molecule has 0 aromatic heterocycles. The predicted octanol–water partition coefficient (Wildman–Crippen LogP) is 1.97. The molecule has 82 valence electrons. The van der Waals surface area contributed by atoms with E-state index in [0.29, 0.717) is 18.1 Å². The van der Waals surface area contributed by atoms with Crippen LogP contribution in [0.25, 0.3) is 0 Å². The van der Waals surface area contributed by atoms with Crippen molar-refractivity contribution in [2.75, 3.05) is 6.61 Å². The molecule has 0 radical (unpaired) electrons. The van der Waals surface area contributed by atoms with E-state index in [1.165, 1.54) is 5.56 Å². The molecule has 0 atom stereocenters. The van der Waals surface area contributed by atoms with Gasteiger partial charge in [-0.05, 0) is 36.0 Å². The van der Waals surface area contributed by atoms with Crippen molar-refractivity contribution in [1.29, 1.82) is 0 Å². The summed E-state index contributed by atoms with van der Waals surface area (Å²) >= 11 is 6.10. The van der Waals surface area contributed by atoms with E-state index < -0.39 is 0 Å². The minimum Gasteiger partial charge on any atom is -0.506 e. The summed E-state index contributed by atoms with van der Waals surface area (Å²) in [6, 6.07) is 2.02. The van der Waals surface area contributed by atoms with Crippen LogP contribution in [0.2, 0.25) is 5.02 Å². The van der Waals surface area contributed by atoms with Crippen LogP contribution >= 0.6 is 11.6 Å². The summed E-state index contributed by atoms with van der Waals surface area (Å²) in [4.78, 5) is 4.51. The van der Waals surface area contributed by atoms with Gasteiger partial charge in [0.05, 0.1) is 11.6 Å². The number of hydrogen-bond donors (Lipinski definition) is 2. The molecule has 0 fully saturated rings. The molecule has 2 rings (SSSR count). The van der Waals surface area contributed by atoms with Crippen LogP contribution in [0.5, 0.6) is 5.75 Å². The zero-order valence-corrected chi connectivity index (χ0v) is 9.18. The molecule has 0 amide bonds. The molecule has 1 aliphatic carbocycles. The van der Waals surface area contributed by atoms with E-state index in [1.807, 2.05) is 6.07 Å². The van der Waals surface area contributed by atoms with Crippen molar-refractivity contribution in [2.24, 2.45) is 5.90 Å². The molecule has 0 aliphatic heterocycles. The average Bonchev–Trinajstić information content (AvgIpc) is 2.69. The van der Waals surface area contributed by atoms with Gasteiger partial charge in [0, 0.05) is 6.42 Å². The van der Waals surface area contributed by atoms with Gasteiger partial charge in [-0.2, -0.15) is 0 Å². The molecule has 15 heavy (non-hydrogen) atoms.